The van der Waals surface area contributed by atoms with E-state index < -0.39 is 0 Å². The highest BCUT2D eigenvalue weighted by Crippen LogP contribution is 2.23. The van der Waals surface area contributed by atoms with Crippen LogP contribution in [0.25, 0.3) is 5.65 Å². The Morgan fingerprint density at radius 3 is 2.70 bits per heavy atom. The van der Waals surface area contributed by atoms with Gasteiger partial charge >= 0.3 is 0 Å². The van der Waals surface area contributed by atoms with Gasteiger partial charge in [-0.2, -0.15) is 0 Å². The number of fused-ring (bicyclic) bond motifs is 1. The Bertz CT molecular complexity index is 629. The second-order valence-corrected chi connectivity index (χ2v) is 4.96. The van der Waals surface area contributed by atoms with Crippen LogP contribution in [0.5, 0.6) is 0 Å². The number of amides is 1. The summed E-state index contributed by atoms with van der Waals surface area (Å²) in [6.45, 7) is 4.45. The maximum atomic E-state index is 11.4. The summed E-state index contributed by atoms with van der Waals surface area (Å²) in [4.78, 5) is 19.9. The van der Waals surface area contributed by atoms with Crippen LogP contribution in [-0.4, -0.2) is 51.5 Å². The van der Waals surface area contributed by atoms with Gasteiger partial charge in [0.05, 0.1) is 12.3 Å². The molecular weight excluding hydrogens is 256 g/mol. The molecule has 2 aromatic heterocycles. The monoisotopic (exact) mass is 274 g/mol. The fourth-order valence-electron chi connectivity index (χ4n) is 2.67. The predicted molar refractivity (Wildman–Crippen MR) is 75.6 cm³/mol. The van der Waals surface area contributed by atoms with E-state index in [9.17, 15) is 9.90 Å². The number of aliphatic hydroxyl groups is 1. The molecule has 1 fully saturated rings. The number of hydrogen-bond donors (Lipinski definition) is 1. The number of aliphatic hydroxyl groups excluding tert-OH is 1. The third-order valence-electron chi connectivity index (χ3n) is 3.78. The van der Waals surface area contributed by atoms with E-state index in [0.29, 0.717) is 13.1 Å². The molecule has 3 heterocycles. The first kappa shape index (κ1) is 12.9. The molecule has 1 N–H and O–H groups in total. The van der Waals surface area contributed by atoms with E-state index in [4.69, 9.17) is 0 Å². The van der Waals surface area contributed by atoms with Crippen LogP contribution in [-0.2, 0) is 11.4 Å². The first-order valence-corrected chi connectivity index (χ1v) is 6.78. The standard InChI is InChI=1S/C14H18N4O2/c1-11(20)16-6-8-17(9-7-16)14-12(10-19)18-5-3-2-4-13(18)15-14/h2-5,19H,6-10H2,1H3. The lowest BCUT2D eigenvalue weighted by Crippen LogP contribution is -2.48. The minimum absolute atomic E-state index is 0.0482. The first-order chi connectivity index (χ1) is 9.70. The lowest BCUT2D eigenvalue weighted by atomic mass is 10.3. The van der Waals surface area contributed by atoms with Gasteiger partial charge in [-0.15, -0.1) is 0 Å². The summed E-state index contributed by atoms with van der Waals surface area (Å²) < 4.78 is 1.91. The van der Waals surface area contributed by atoms with Crippen molar-refractivity contribution in [1.29, 1.82) is 0 Å². The van der Waals surface area contributed by atoms with Crippen molar-refractivity contribution < 1.29 is 9.90 Å². The molecule has 0 atom stereocenters. The average molecular weight is 274 g/mol. The van der Waals surface area contributed by atoms with Crippen LogP contribution in [0.15, 0.2) is 24.4 Å². The fourth-order valence-corrected chi connectivity index (χ4v) is 2.67. The molecule has 0 aliphatic carbocycles. The Balaban J connectivity index is 1.89. The molecule has 20 heavy (non-hydrogen) atoms. The van der Waals surface area contributed by atoms with Crippen molar-refractivity contribution in [3.63, 3.8) is 0 Å². The molecule has 1 amide bonds. The largest absolute Gasteiger partial charge is 0.390 e. The molecule has 1 saturated heterocycles. The number of carbonyl (C=O) groups is 1. The number of nitrogens with zero attached hydrogens (tertiary/aromatic N) is 4. The molecule has 0 spiro atoms. The van der Waals surface area contributed by atoms with Crippen LogP contribution in [0.4, 0.5) is 5.82 Å². The van der Waals surface area contributed by atoms with E-state index in [1.807, 2.05) is 33.7 Å². The van der Waals surface area contributed by atoms with Gasteiger partial charge in [0, 0.05) is 39.3 Å². The maximum Gasteiger partial charge on any atom is 0.219 e. The fraction of sp³-hybridized carbons (Fsp3) is 0.429. The Morgan fingerprint density at radius 1 is 1.30 bits per heavy atom. The van der Waals surface area contributed by atoms with Crippen LogP contribution in [0.2, 0.25) is 0 Å². The van der Waals surface area contributed by atoms with E-state index in [2.05, 4.69) is 9.88 Å². The number of hydrogen-bond acceptors (Lipinski definition) is 4. The summed E-state index contributed by atoms with van der Waals surface area (Å²) in [5.74, 6) is 0.934. The van der Waals surface area contributed by atoms with Crippen LogP contribution >= 0.6 is 0 Å². The number of imidazole rings is 1. The highest BCUT2D eigenvalue weighted by Gasteiger charge is 2.23. The van der Waals surface area contributed by atoms with Crippen molar-refractivity contribution in [2.45, 2.75) is 13.5 Å². The van der Waals surface area contributed by atoms with Gasteiger partial charge in [0.25, 0.3) is 0 Å². The topological polar surface area (TPSA) is 61.1 Å². The first-order valence-electron chi connectivity index (χ1n) is 6.78. The van der Waals surface area contributed by atoms with Gasteiger partial charge in [0.15, 0.2) is 5.82 Å². The van der Waals surface area contributed by atoms with Crippen LogP contribution < -0.4 is 4.90 Å². The minimum Gasteiger partial charge on any atom is -0.390 e. The van der Waals surface area contributed by atoms with Gasteiger partial charge in [-0.05, 0) is 12.1 Å². The summed E-state index contributed by atoms with van der Waals surface area (Å²) in [5.41, 5.74) is 1.64. The molecule has 6 nitrogen and oxygen atoms in total. The lowest BCUT2D eigenvalue weighted by Gasteiger charge is -2.34. The Kier molecular flexibility index (Phi) is 3.31. The van der Waals surface area contributed by atoms with Gasteiger partial charge in [0.1, 0.15) is 5.65 Å². The smallest absolute Gasteiger partial charge is 0.219 e. The van der Waals surface area contributed by atoms with Crippen molar-refractivity contribution in [3.8, 4) is 0 Å². The number of carbonyl (C=O) groups excluding carboxylic acids is 1. The number of rotatable bonds is 2. The number of piperazine rings is 1. The zero-order valence-corrected chi connectivity index (χ0v) is 11.5. The van der Waals surface area contributed by atoms with E-state index in [1.54, 1.807) is 6.92 Å². The Morgan fingerprint density at radius 2 is 2.05 bits per heavy atom. The highest BCUT2D eigenvalue weighted by atomic mass is 16.3. The zero-order chi connectivity index (χ0) is 14.1. The van der Waals surface area contributed by atoms with Gasteiger partial charge in [-0.1, -0.05) is 6.07 Å². The molecule has 1 aliphatic rings. The van der Waals surface area contributed by atoms with Crippen molar-refractivity contribution in [2.24, 2.45) is 0 Å². The quantitative estimate of drug-likeness (QED) is 0.866. The molecule has 0 radical (unpaired) electrons. The second kappa shape index (κ2) is 5.13. The summed E-state index contributed by atoms with van der Waals surface area (Å²) >= 11 is 0. The molecule has 3 rings (SSSR count). The van der Waals surface area contributed by atoms with Gasteiger partial charge < -0.3 is 14.9 Å². The molecule has 0 aromatic carbocycles. The SMILES string of the molecule is CC(=O)N1CCN(c2nc3ccccn3c2CO)CC1. The third-order valence-corrected chi connectivity index (χ3v) is 3.78. The molecule has 2 aromatic rings. The maximum absolute atomic E-state index is 11.4. The average Bonchev–Trinajstić information content (AvgIpc) is 2.85. The van der Waals surface area contributed by atoms with E-state index in [0.717, 1.165) is 30.2 Å². The molecule has 0 bridgehead atoms. The highest BCUT2D eigenvalue weighted by molar-refractivity contribution is 5.73. The van der Waals surface area contributed by atoms with Crippen LogP contribution in [0.1, 0.15) is 12.6 Å². The summed E-state index contributed by atoms with van der Waals surface area (Å²) in [7, 11) is 0. The number of aromatic nitrogens is 2. The molecule has 0 saturated carbocycles. The second-order valence-electron chi connectivity index (χ2n) is 4.96. The van der Waals surface area contributed by atoms with Crippen molar-refractivity contribution in [2.75, 3.05) is 31.1 Å². The Hall–Kier alpha value is -2.08. The van der Waals surface area contributed by atoms with Crippen molar-refractivity contribution in [3.05, 3.63) is 30.1 Å². The van der Waals surface area contributed by atoms with Gasteiger partial charge in [-0.3, -0.25) is 9.20 Å². The lowest BCUT2D eigenvalue weighted by molar-refractivity contribution is -0.129. The Labute approximate surface area is 117 Å². The summed E-state index contributed by atoms with van der Waals surface area (Å²) in [6, 6.07) is 5.78. The van der Waals surface area contributed by atoms with E-state index in [1.165, 1.54) is 0 Å². The summed E-state index contributed by atoms with van der Waals surface area (Å²) in [5, 5.41) is 9.62. The summed E-state index contributed by atoms with van der Waals surface area (Å²) in [6.07, 6.45) is 1.91. The molecule has 1 aliphatic heterocycles. The predicted octanol–water partition coefficient (Wildman–Crippen LogP) is 0.495. The van der Waals surface area contributed by atoms with Crippen LogP contribution in [0.3, 0.4) is 0 Å². The van der Waals surface area contributed by atoms with E-state index in [-0.39, 0.29) is 12.5 Å². The minimum atomic E-state index is -0.0482. The van der Waals surface area contributed by atoms with E-state index >= 15 is 0 Å². The molecule has 6 heteroatoms. The molecular formula is C14H18N4O2. The molecule has 106 valence electrons. The van der Waals surface area contributed by atoms with Crippen molar-refractivity contribution in [1.82, 2.24) is 14.3 Å². The number of pyridine rings is 1. The number of anilines is 1. The zero-order valence-electron chi connectivity index (χ0n) is 11.5. The van der Waals surface area contributed by atoms with Crippen molar-refractivity contribution >= 4 is 17.4 Å². The van der Waals surface area contributed by atoms with Gasteiger partial charge in [-0.25, -0.2) is 4.98 Å². The normalized spacial score (nSPS) is 15.9. The van der Waals surface area contributed by atoms with Gasteiger partial charge in [0.2, 0.25) is 5.91 Å². The third kappa shape index (κ3) is 2.12. The molecule has 0 unspecified atom stereocenters. The van der Waals surface area contributed by atoms with Crippen LogP contribution in [0, 0.1) is 0 Å².